The van der Waals surface area contributed by atoms with E-state index in [2.05, 4.69) is 4.72 Å². The summed E-state index contributed by atoms with van der Waals surface area (Å²) in [6, 6.07) is 4.13. The van der Waals surface area contributed by atoms with E-state index >= 15 is 0 Å². The second-order valence-corrected chi connectivity index (χ2v) is 6.89. The maximum absolute atomic E-state index is 12.4. The van der Waals surface area contributed by atoms with Gasteiger partial charge in [0.1, 0.15) is 4.90 Å². The van der Waals surface area contributed by atoms with Gasteiger partial charge in [0.25, 0.3) is 0 Å². The lowest BCUT2D eigenvalue weighted by atomic mass is 10.1. The number of hydrogen-bond donors (Lipinski definition) is 3. The van der Waals surface area contributed by atoms with E-state index in [4.69, 9.17) is 10.2 Å². The molecule has 0 spiro atoms. The van der Waals surface area contributed by atoms with Gasteiger partial charge in [-0.25, -0.2) is 17.9 Å². The summed E-state index contributed by atoms with van der Waals surface area (Å²) in [5.41, 5.74) is 0.431. The van der Waals surface area contributed by atoms with Crippen LogP contribution in [0.15, 0.2) is 23.1 Å². The summed E-state index contributed by atoms with van der Waals surface area (Å²) >= 11 is 0. The first-order valence-corrected chi connectivity index (χ1v) is 8.67. The van der Waals surface area contributed by atoms with Gasteiger partial charge in [0, 0.05) is 19.6 Å². The van der Waals surface area contributed by atoms with Crippen LogP contribution in [0.3, 0.4) is 0 Å². The molecular weight excluding hydrogens is 308 g/mol. The fraction of sp³-hybridized carbons (Fsp3) is 0.500. The lowest BCUT2D eigenvalue weighted by Crippen LogP contribution is -2.33. The SMILES string of the molecule is O=C(O)c1ccc(N2CCCCC2)c(S(=O)(=O)NCCO)c1. The summed E-state index contributed by atoms with van der Waals surface area (Å²) in [6.07, 6.45) is 3.06. The second-order valence-electron chi connectivity index (χ2n) is 5.16. The van der Waals surface area contributed by atoms with E-state index < -0.39 is 16.0 Å². The van der Waals surface area contributed by atoms with Crippen LogP contribution in [0.1, 0.15) is 29.6 Å². The van der Waals surface area contributed by atoms with Crippen LogP contribution in [-0.2, 0) is 10.0 Å². The molecular formula is C14H20N2O5S. The Labute approximate surface area is 129 Å². The summed E-state index contributed by atoms with van der Waals surface area (Å²) in [7, 11) is -3.87. The minimum absolute atomic E-state index is 0.0530. The van der Waals surface area contributed by atoms with Crippen molar-refractivity contribution in [1.29, 1.82) is 0 Å². The lowest BCUT2D eigenvalue weighted by Gasteiger charge is -2.30. The first-order chi connectivity index (χ1) is 10.5. The minimum Gasteiger partial charge on any atom is -0.478 e. The molecule has 0 atom stereocenters. The maximum Gasteiger partial charge on any atom is 0.335 e. The molecule has 0 aliphatic carbocycles. The van der Waals surface area contributed by atoms with Crippen LogP contribution in [0.25, 0.3) is 0 Å². The third-order valence-electron chi connectivity index (χ3n) is 3.60. The Balaban J connectivity index is 2.46. The van der Waals surface area contributed by atoms with Crippen molar-refractivity contribution in [1.82, 2.24) is 4.72 Å². The third kappa shape index (κ3) is 3.76. The van der Waals surface area contributed by atoms with Gasteiger partial charge in [-0.2, -0.15) is 0 Å². The Morgan fingerprint density at radius 1 is 1.23 bits per heavy atom. The van der Waals surface area contributed by atoms with Gasteiger partial charge in [0.15, 0.2) is 0 Å². The molecule has 122 valence electrons. The molecule has 0 unspecified atom stereocenters. The number of carbonyl (C=O) groups is 1. The number of nitrogens with one attached hydrogen (secondary N) is 1. The number of anilines is 1. The Morgan fingerprint density at radius 2 is 1.91 bits per heavy atom. The number of sulfonamides is 1. The number of benzene rings is 1. The van der Waals surface area contributed by atoms with Crippen LogP contribution in [0.2, 0.25) is 0 Å². The smallest absolute Gasteiger partial charge is 0.335 e. The molecule has 1 aromatic rings. The molecule has 1 heterocycles. The van der Waals surface area contributed by atoms with Crippen molar-refractivity contribution >= 4 is 21.7 Å². The Hall–Kier alpha value is -1.64. The third-order valence-corrected chi connectivity index (χ3v) is 5.09. The van der Waals surface area contributed by atoms with Crippen molar-refractivity contribution in [2.75, 3.05) is 31.1 Å². The molecule has 2 rings (SSSR count). The highest BCUT2D eigenvalue weighted by Gasteiger charge is 2.24. The first-order valence-electron chi connectivity index (χ1n) is 7.18. The van der Waals surface area contributed by atoms with Gasteiger partial charge >= 0.3 is 5.97 Å². The summed E-state index contributed by atoms with van der Waals surface area (Å²) in [5.74, 6) is -1.18. The van der Waals surface area contributed by atoms with E-state index in [0.717, 1.165) is 32.4 Å². The van der Waals surface area contributed by atoms with E-state index in [9.17, 15) is 13.2 Å². The van der Waals surface area contributed by atoms with E-state index in [-0.39, 0.29) is 23.6 Å². The van der Waals surface area contributed by atoms with E-state index in [1.54, 1.807) is 6.07 Å². The number of carboxylic acids is 1. The molecule has 8 heteroatoms. The molecule has 0 saturated carbocycles. The summed E-state index contributed by atoms with van der Waals surface area (Å²) in [4.78, 5) is 13.0. The molecule has 0 bridgehead atoms. The molecule has 1 aliphatic rings. The number of aliphatic hydroxyl groups excluding tert-OH is 1. The molecule has 1 saturated heterocycles. The monoisotopic (exact) mass is 328 g/mol. The van der Waals surface area contributed by atoms with Crippen LogP contribution < -0.4 is 9.62 Å². The predicted molar refractivity (Wildman–Crippen MR) is 81.7 cm³/mol. The van der Waals surface area contributed by atoms with Crippen molar-refractivity contribution < 1.29 is 23.4 Å². The Bertz CT molecular complexity index is 639. The van der Waals surface area contributed by atoms with Crippen LogP contribution in [0.5, 0.6) is 0 Å². The van der Waals surface area contributed by atoms with Crippen molar-refractivity contribution in [3.8, 4) is 0 Å². The van der Waals surface area contributed by atoms with Crippen molar-refractivity contribution in [3.63, 3.8) is 0 Å². The zero-order valence-electron chi connectivity index (χ0n) is 12.2. The van der Waals surface area contributed by atoms with Gasteiger partial charge in [-0.15, -0.1) is 0 Å². The van der Waals surface area contributed by atoms with Gasteiger partial charge in [-0.1, -0.05) is 0 Å². The average Bonchev–Trinajstić information content (AvgIpc) is 2.53. The highest BCUT2D eigenvalue weighted by atomic mass is 32.2. The minimum atomic E-state index is -3.87. The largest absolute Gasteiger partial charge is 0.478 e. The number of hydrogen-bond acceptors (Lipinski definition) is 5. The average molecular weight is 328 g/mol. The highest BCUT2D eigenvalue weighted by Crippen LogP contribution is 2.29. The van der Waals surface area contributed by atoms with Crippen molar-refractivity contribution in [3.05, 3.63) is 23.8 Å². The fourth-order valence-corrected chi connectivity index (χ4v) is 3.79. The number of carboxylic acid groups (broad SMARTS) is 1. The zero-order valence-corrected chi connectivity index (χ0v) is 13.0. The Kier molecular flexibility index (Phi) is 5.38. The summed E-state index contributed by atoms with van der Waals surface area (Å²) in [6.45, 7) is 1.06. The number of aromatic carboxylic acids is 1. The predicted octanol–water partition coefficient (Wildman–Crippen LogP) is 0.646. The molecule has 0 aromatic heterocycles. The standard InChI is InChI=1S/C14H20N2O5S/c17-9-6-15-22(20,21)13-10-11(14(18)19)4-5-12(13)16-7-2-1-3-8-16/h4-5,10,15,17H,1-3,6-9H2,(H,18,19). The summed E-state index contributed by atoms with van der Waals surface area (Å²) in [5, 5.41) is 17.9. The first kappa shape index (κ1) is 16.7. The zero-order chi connectivity index (χ0) is 16.2. The van der Waals surface area contributed by atoms with Crippen molar-refractivity contribution in [2.24, 2.45) is 0 Å². The van der Waals surface area contributed by atoms with Crippen LogP contribution in [0, 0.1) is 0 Å². The van der Waals surface area contributed by atoms with Gasteiger partial charge in [0.05, 0.1) is 17.9 Å². The molecule has 0 amide bonds. The van der Waals surface area contributed by atoms with Crippen LogP contribution >= 0.6 is 0 Å². The molecule has 0 radical (unpaired) electrons. The van der Waals surface area contributed by atoms with Gasteiger partial charge in [-0.3, -0.25) is 0 Å². The van der Waals surface area contributed by atoms with Gasteiger partial charge in [-0.05, 0) is 37.5 Å². The molecule has 7 nitrogen and oxygen atoms in total. The van der Waals surface area contributed by atoms with E-state index in [1.165, 1.54) is 12.1 Å². The topological polar surface area (TPSA) is 107 Å². The maximum atomic E-state index is 12.4. The second kappa shape index (κ2) is 7.08. The molecule has 1 aliphatic heterocycles. The van der Waals surface area contributed by atoms with E-state index in [1.807, 2.05) is 4.90 Å². The molecule has 1 aromatic carbocycles. The van der Waals surface area contributed by atoms with Crippen LogP contribution in [-0.4, -0.2) is 50.8 Å². The van der Waals surface area contributed by atoms with E-state index in [0.29, 0.717) is 5.69 Å². The normalized spacial score (nSPS) is 15.8. The fourth-order valence-electron chi connectivity index (χ4n) is 2.52. The Morgan fingerprint density at radius 3 is 2.50 bits per heavy atom. The van der Waals surface area contributed by atoms with Gasteiger partial charge < -0.3 is 15.1 Å². The summed E-state index contributed by atoms with van der Waals surface area (Å²) < 4.78 is 27.0. The van der Waals surface area contributed by atoms with Crippen molar-refractivity contribution in [2.45, 2.75) is 24.2 Å². The van der Waals surface area contributed by atoms with Crippen LogP contribution in [0.4, 0.5) is 5.69 Å². The highest BCUT2D eigenvalue weighted by molar-refractivity contribution is 7.89. The number of rotatable bonds is 6. The number of aliphatic hydroxyl groups is 1. The molecule has 22 heavy (non-hydrogen) atoms. The number of piperidine rings is 1. The number of nitrogens with zero attached hydrogens (tertiary/aromatic N) is 1. The molecule has 3 N–H and O–H groups in total. The lowest BCUT2D eigenvalue weighted by molar-refractivity contribution is 0.0696. The van der Waals surface area contributed by atoms with Gasteiger partial charge in [0.2, 0.25) is 10.0 Å². The quantitative estimate of drug-likeness (QED) is 0.708. The molecule has 1 fully saturated rings.